The van der Waals surface area contributed by atoms with E-state index in [1.54, 1.807) is 6.07 Å². The zero-order valence-corrected chi connectivity index (χ0v) is 8.95. The van der Waals surface area contributed by atoms with E-state index in [4.69, 9.17) is 5.73 Å². The molecule has 1 aromatic carbocycles. The van der Waals surface area contributed by atoms with Crippen LogP contribution in [-0.2, 0) is 13.1 Å². The lowest BCUT2D eigenvalue weighted by molar-refractivity contribution is 0.324. The molecule has 0 spiro atoms. The molecule has 3 nitrogen and oxygen atoms in total. The molecule has 1 saturated heterocycles. The van der Waals surface area contributed by atoms with Gasteiger partial charge in [-0.3, -0.25) is 4.90 Å². The number of benzene rings is 1. The number of nitrogens with zero attached hydrogens (tertiary/aromatic N) is 1. The van der Waals surface area contributed by atoms with E-state index in [0.29, 0.717) is 12.3 Å². The van der Waals surface area contributed by atoms with Gasteiger partial charge in [0.1, 0.15) is 5.75 Å². The largest absolute Gasteiger partial charge is 0.508 e. The first-order valence-electron chi connectivity index (χ1n) is 5.53. The fourth-order valence-electron chi connectivity index (χ4n) is 2.07. The van der Waals surface area contributed by atoms with E-state index in [1.165, 1.54) is 12.8 Å². The number of hydrogen-bond donors (Lipinski definition) is 2. The highest BCUT2D eigenvalue weighted by Gasteiger charge is 2.13. The molecule has 2 rings (SSSR count). The van der Waals surface area contributed by atoms with Gasteiger partial charge in [-0.2, -0.15) is 0 Å². The third kappa shape index (κ3) is 2.49. The average molecular weight is 206 g/mol. The van der Waals surface area contributed by atoms with Crippen LogP contribution in [-0.4, -0.2) is 23.1 Å². The van der Waals surface area contributed by atoms with Crippen molar-refractivity contribution in [3.05, 3.63) is 29.3 Å². The molecule has 1 aliphatic rings. The second-order valence-corrected chi connectivity index (χ2v) is 4.15. The van der Waals surface area contributed by atoms with Crippen LogP contribution in [0.15, 0.2) is 18.2 Å². The molecule has 3 heteroatoms. The van der Waals surface area contributed by atoms with Crippen LogP contribution in [0, 0.1) is 0 Å². The van der Waals surface area contributed by atoms with Gasteiger partial charge in [0.05, 0.1) is 0 Å². The van der Waals surface area contributed by atoms with Gasteiger partial charge in [0, 0.05) is 18.7 Å². The minimum Gasteiger partial charge on any atom is -0.508 e. The summed E-state index contributed by atoms with van der Waals surface area (Å²) in [5, 5.41) is 9.72. The van der Waals surface area contributed by atoms with Crippen LogP contribution >= 0.6 is 0 Å². The summed E-state index contributed by atoms with van der Waals surface area (Å²) in [5.74, 6) is 0.388. The molecule has 0 amide bonds. The predicted octanol–water partition coefficient (Wildman–Crippen LogP) is 1.45. The molecule has 0 saturated carbocycles. The number of hydrogen-bond acceptors (Lipinski definition) is 3. The van der Waals surface area contributed by atoms with Crippen LogP contribution in [0.4, 0.5) is 0 Å². The Bertz CT molecular complexity index is 332. The number of nitrogens with two attached hydrogens (primary N) is 1. The first-order valence-corrected chi connectivity index (χ1v) is 5.53. The molecule has 0 radical (unpaired) electrons. The molecule has 0 atom stereocenters. The Labute approximate surface area is 90.5 Å². The molecule has 0 bridgehead atoms. The van der Waals surface area contributed by atoms with Crippen molar-refractivity contribution in [2.24, 2.45) is 5.73 Å². The summed E-state index contributed by atoms with van der Waals surface area (Å²) in [6.07, 6.45) is 2.55. The minimum atomic E-state index is 0.388. The highest BCUT2D eigenvalue weighted by molar-refractivity contribution is 5.36. The lowest BCUT2D eigenvalue weighted by Gasteiger charge is -2.16. The molecule has 15 heavy (non-hydrogen) atoms. The molecule has 1 aliphatic heterocycles. The first-order chi connectivity index (χ1) is 7.29. The second kappa shape index (κ2) is 4.64. The molecule has 1 fully saturated rings. The summed E-state index contributed by atoms with van der Waals surface area (Å²) in [6.45, 7) is 3.67. The van der Waals surface area contributed by atoms with Gasteiger partial charge in [-0.05, 0) is 43.6 Å². The van der Waals surface area contributed by atoms with Gasteiger partial charge in [-0.15, -0.1) is 0 Å². The van der Waals surface area contributed by atoms with E-state index in [9.17, 15) is 5.11 Å². The maximum absolute atomic E-state index is 9.72. The van der Waals surface area contributed by atoms with Crippen LogP contribution in [0.5, 0.6) is 5.75 Å². The summed E-state index contributed by atoms with van der Waals surface area (Å²) in [6, 6.07) is 5.63. The van der Waals surface area contributed by atoms with Gasteiger partial charge in [-0.25, -0.2) is 0 Å². The zero-order chi connectivity index (χ0) is 10.7. The smallest absolute Gasteiger partial charge is 0.120 e. The van der Waals surface area contributed by atoms with Gasteiger partial charge >= 0.3 is 0 Å². The summed E-state index contributed by atoms with van der Waals surface area (Å²) < 4.78 is 0. The van der Waals surface area contributed by atoms with Gasteiger partial charge in [-0.1, -0.05) is 6.07 Å². The van der Waals surface area contributed by atoms with E-state index in [1.807, 2.05) is 12.1 Å². The Morgan fingerprint density at radius 2 is 2.00 bits per heavy atom. The first kappa shape index (κ1) is 10.5. The minimum absolute atomic E-state index is 0.388. The molecule has 1 heterocycles. The Hall–Kier alpha value is -1.06. The number of rotatable bonds is 3. The number of likely N-dealkylation sites (tertiary alicyclic amines) is 1. The summed E-state index contributed by atoms with van der Waals surface area (Å²) >= 11 is 0. The maximum atomic E-state index is 9.72. The predicted molar refractivity (Wildman–Crippen MR) is 60.5 cm³/mol. The molecule has 82 valence electrons. The molecule has 1 aromatic rings. The Kier molecular flexibility index (Phi) is 3.23. The highest BCUT2D eigenvalue weighted by Crippen LogP contribution is 2.22. The van der Waals surface area contributed by atoms with Crippen molar-refractivity contribution in [2.45, 2.75) is 25.9 Å². The SMILES string of the molecule is NCc1ccc(O)c(CN2CCCC2)c1. The van der Waals surface area contributed by atoms with Crippen LogP contribution in [0.2, 0.25) is 0 Å². The topological polar surface area (TPSA) is 49.5 Å². The highest BCUT2D eigenvalue weighted by atomic mass is 16.3. The molecule has 3 N–H and O–H groups in total. The van der Waals surface area contributed by atoms with Crippen LogP contribution in [0.25, 0.3) is 0 Å². The molecular formula is C12H18N2O. The van der Waals surface area contributed by atoms with E-state index in [2.05, 4.69) is 4.90 Å². The van der Waals surface area contributed by atoms with Gasteiger partial charge in [0.15, 0.2) is 0 Å². The molecule has 0 unspecified atom stereocenters. The van der Waals surface area contributed by atoms with E-state index in [0.717, 1.165) is 30.8 Å². The fraction of sp³-hybridized carbons (Fsp3) is 0.500. The van der Waals surface area contributed by atoms with E-state index >= 15 is 0 Å². The van der Waals surface area contributed by atoms with Crippen molar-refractivity contribution >= 4 is 0 Å². The number of phenolic OH excluding ortho intramolecular Hbond substituents is 1. The van der Waals surface area contributed by atoms with Crippen LogP contribution in [0.3, 0.4) is 0 Å². The van der Waals surface area contributed by atoms with Crippen molar-refractivity contribution in [3.8, 4) is 5.75 Å². The van der Waals surface area contributed by atoms with Crippen molar-refractivity contribution < 1.29 is 5.11 Å². The van der Waals surface area contributed by atoms with Crippen molar-refractivity contribution in [1.82, 2.24) is 4.90 Å². The van der Waals surface area contributed by atoms with Gasteiger partial charge in [0.25, 0.3) is 0 Å². The molecule has 0 aliphatic carbocycles. The van der Waals surface area contributed by atoms with Crippen molar-refractivity contribution in [3.63, 3.8) is 0 Å². The zero-order valence-electron chi connectivity index (χ0n) is 8.95. The number of aromatic hydroxyl groups is 1. The Balaban J connectivity index is 2.11. The van der Waals surface area contributed by atoms with Crippen molar-refractivity contribution in [2.75, 3.05) is 13.1 Å². The Morgan fingerprint density at radius 3 is 2.67 bits per heavy atom. The van der Waals surface area contributed by atoms with Gasteiger partial charge < -0.3 is 10.8 Å². The molecule has 0 aromatic heterocycles. The van der Waals surface area contributed by atoms with Crippen LogP contribution < -0.4 is 5.73 Å². The average Bonchev–Trinajstić information content (AvgIpc) is 2.74. The molecular weight excluding hydrogens is 188 g/mol. The monoisotopic (exact) mass is 206 g/mol. The summed E-state index contributed by atoms with van der Waals surface area (Å²) in [7, 11) is 0. The quantitative estimate of drug-likeness (QED) is 0.787. The van der Waals surface area contributed by atoms with Crippen LogP contribution in [0.1, 0.15) is 24.0 Å². The summed E-state index contributed by atoms with van der Waals surface area (Å²) in [5.41, 5.74) is 7.67. The van der Waals surface area contributed by atoms with Gasteiger partial charge in [0.2, 0.25) is 0 Å². The fourth-order valence-corrected chi connectivity index (χ4v) is 2.07. The second-order valence-electron chi connectivity index (χ2n) is 4.15. The third-order valence-corrected chi connectivity index (χ3v) is 2.97. The lowest BCUT2D eigenvalue weighted by atomic mass is 10.1. The van der Waals surface area contributed by atoms with E-state index in [-0.39, 0.29) is 0 Å². The lowest BCUT2D eigenvalue weighted by Crippen LogP contribution is -2.18. The van der Waals surface area contributed by atoms with Crippen molar-refractivity contribution in [1.29, 1.82) is 0 Å². The standard InChI is InChI=1S/C12H18N2O/c13-8-10-3-4-12(15)11(7-10)9-14-5-1-2-6-14/h3-4,7,15H,1-2,5-6,8-9,13H2. The maximum Gasteiger partial charge on any atom is 0.120 e. The van der Waals surface area contributed by atoms with E-state index < -0.39 is 0 Å². The Morgan fingerprint density at radius 1 is 1.27 bits per heavy atom. The summed E-state index contributed by atoms with van der Waals surface area (Å²) in [4.78, 5) is 2.37. The normalized spacial score (nSPS) is 17.1. The number of phenols is 1. The third-order valence-electron chi connectivity index (χ3n) is 2.97.